The number of hydrogen-bond donors (Lipinski definition) is 1. The highest BCUT2D eigenvalue weighted by atomic mass is 35.5. The van der Waals surface area contributed by atoms with E-state index in [4.69, 9.17) is 16.3 Å². The summed E-state index contributed by atoms with van der Waals surface area (Å²) in [6.45, 7) is 1.48. The SMILES string of the molecule is O=C(/C=C1\NC2(CCOCC2)Cc2cc(Cl)ccc21)c1ccccc1. The Bertz CT molecular complexity index is 823. The van der Waals surface area contributed by atoms with Crippen molar-refractivity contribution < 1.29 is 9.53 Å². The molecule has 1 saturated heterocycles. The van der Waals surface area contributed by atoms with E-state index >= 15 is 0 Å². The van der Waals surface area contributed by atoms with E-state index in [9.17, 15) is 4.79 Å². The van der Waals surface area contributed by atoms with Crippen LogP contribution in [0.3, 0.4) is 0 Å². The number of fused-ring (bicyclic) bond motifs is 1. The third-order valence-corrected chi connectivity index (χ3v) is 5.30. The van der Waals surface area contributed by atoms with Crippen LogP contribution in [-0.4, -0.2) is 24.5 Å². The van der Waals surface area contributed by atoms with Crippen LogP contribution >= 0.6 is 11.6 Å². The van der Waals surface area contributed by atoms with Gasteiger partial charge in [-0.1, -0.05) is 48.0 Å². The lowest BCUT2D eigenvalue weighted by atomic mass is 9.78. The smallest absolute Gasteiger partial charge is 0.187 e. The first-order chi connectivity index (χ1) is 12.2. The highest BCUT2D eigenvalue weighted by Crippen LogP contribution is 2.36. The quantitative estimate of drug-likeness (QED) is 0.647. The zero-order valence-electron chi connectivity index (χ0n) is 13.9. The molecule has 2 aliphatic heterocycles. The van der Waals surface area contributed by atoms with Crippen LogP contribution in [0.2, 0.25) is 5.02 Å². The maximum Gasteiger partial charge on any atom is 0.187 e. The van der Waals surface area contributed by atoms with E-state index < -0.39 is 0 Å². The molecule has 0 aromatic heterocycles. The Morgan fingerprint density at radius 1 is 1.12 bits per heavy atom. The Morgan fingerprint density at radius 3 is 2.64 bits per heavy atom. The second-order valence-corrected chi connectivity index (χ2v) is 7.22. The molecule has 0 amide bonds. The lowest BCUT2D eigenvalue weighted by Gasteiger charge is -2.43. The van der Waals surface area contributed by atoms with Crippen molar-refractivity contribution in [2.75, 3.05) is 13.2 Å². The van der Waals surface area contributed by atoms with Gasteiger partial charge in [0.1, 0.15) is 0 Å². The molecule has 0 radical (unpaired) electrons. The predicted molar refractivity (Wildman–Crippen MR) is 99.8 cm³/mol. The van der Waals surface area contributed by atoms with Gasteiger partial charge in [-0.25, -0.2) is 0 Å². The summed E-state index contributed by atoms with van der Waals surface area (Å²) in [5, 5.41) is 4.40. The van der Waals surface area contributed by atoms with Gasteiger partial charge in [-0.05, 0) is 37.0 Å². The van der Waals surface area contributed by atoms with E-state index in [2.05, 4.69) is 5.32 Å². The minimum absolute atomic E-state index is 0.00751. The minimum atomic E-state index is -0.0568. The second kappa shape index (κ2) is 6.66. The average molecular weight is 354 g/mol. The summed E-state index contributed by atoms with van der Waals surface area (Å²) in [5.74, 6) is 0.00751. The van der Waals surface area contributed by atoms with Crippen molar-refractivity contribution >= 4 is 23.1 Å². The second-order valence-electron chi connectivity index (χ2n) is 6.78. The van der Waals surface area contributed by atoms with Crippen LogP contribution in [0.5, 0.6) is 0 Å². The van der Waals surface area contributed by atoms with Gasteiger partial charge >= 0.3 is 0 Å². The third-order valence-electron chi connectivity index (χ3n) is 5.07. The van der Waals surface area contributed by atoms with Crippen molar-refractivity contribution in [2.45, 2.75) is 24.8 Å². The van der Waals surface area contributed by atoms with Crippen molar-refractivity contribution in [3.8, 4) is 0 Å². The maximum absolute atomic E-state index is 12.7. The van der Waals surface area contributed by atoms with Crippen molar-refractivity contribution in [1.29, 1.82) is 0 Å². The number of benzene rings is 2. The fourth-order valence-corrected chi connectivity index (χ4v) is 3.92. The molecule has 2 heterocycles. The molecule has 2 aromatic rings. The summed E-state index contributed by atoms with van der Waals surface area (Å²) in [6.07, 6.45) is 4.48. The van der Waals surface area contributed by atoms with Gasteiger partial charge in [0.15, 0.2) is 5.78 Å². The molecule has 128 valence electrons. The zero-order chi connectivity index (χ0) is 17.3. The lowest BCUT2D eigenvalue weighted by Crippen LogP contribution is -2.52. The molecule has 1 fully saturated rings. The minimum Gasteiger partial charge on any atom is -0.381 e. The molecule has 25 heavy (non-hydrogen) atoms. The van der Waals surface area contributed by atoms with Gasteiger partial charge in [-0.2, -0.15) is 0 Å². The monoisotopic (exact) mass is 353 g/mol. The molecule has 4 heteroatoms. The molecule has 0 saturated carbocycles. The van der Waals surface area contributed by atoms with E-state index in [1.54, 1.807) is 6.08 Å². The molecule has 0 bridgehead atoms. The normalized spacial score (nSPS) is 20.1. The van der Waals surface area contributed by atoms with Gasteiger partial charge < -0.3 is 10.1 Å². The number of ether oxygens (including phenoxy) is 1. The molecule has 2 aliphatic rings. The molecule has 0 aliphatic carbocycles. The van der Waals surface area contributed by atoms with Crippen LogP contribution in [-0.2, 0) is 11.2 Å². The summed E-state index contributed by atoms with van der Waals surface area (Å²) >= 11 is 6.22. The van der Waals surface area contributed by atoms with Crippen LogP contribution < -0.4 is 5.32 Å². The maximum atomic E-state index is 12.7. The van der Waals surface area contributed by atoms with E-state index in [0.717, 1.165) is 48.8 Å². The van der Waals surface area contributed by atoms with Gasteiger partial charge in [-0.3, -0.25) is 4.79 Å². The van der Waals surface area contributed by atoms with E-state index in [-0.39, 0.29) is 11.3 Å². The van der Waals surface area contributed by atoms with Crippen LogP contribution in [0.4, 0.5) is 0 Å². The van der Waals surface area contributed by atoms with Crippen LogP contribution in [0.25, 0.3) is 5.70 Å². The highest BCUT2D eigenvalue weighted by Gasteiger charge is 2.37. The number of hydrogen-bond acceptors (Lipinski definition) is 3. The number of halogens is 1. The average Bonchev–Trinajstić information content (AvgIpc) is 2.62. The van der Waals surface area contributed by atoms with Crippen molar-refractivity contribution in [2.24, 2.45) is 0 Å². The first-order valence-corrected chi connectivity index (χ1v) is 8.99. The number of ketones is 1. The number of carbonyl (C=O) groups is 1. The Balaban J connectivity index is 1.75. The first-order valence-electron chi connectivity index (χ1n) is 8.61. The van der Waals surface area contributed by atoms with Crippen molar-refractivity contribution in [3.05, 3.63) is 76.3 Å². The van der Waals surface area contributed by atoms with E-state index in [1.165, 1.54) is 5.56 Å². The molecule has 0 unspecified atom stereocenters. The fraction of sp³-hybridized carbons (Fsp3) is 0.286. The summed E-state index contributed by atoms with van der Waals surface area (Å²) in [4.78, 5) is 12.7. The number of carbonyl (C=O) groups excluding carboxylic acids is 1. The van der Waals surface area contributed by atoms with Crippen molar-refractivity contribution in [3.63, 3.8) is 0 Å². The third kappa shape index (κ3) is 3.35. The number of allylic oxidation sites excluding steroid dienone is 1. The van der Waals surface area contributed by atoms with E-state index in [0.29, 0.717) is 5.56 Å². The Morgan fingerprint density at radius 2 is 1.88 bits per heavy atom. The van der Waals surface area contributed by atoms with Gasteiger partial charge in [0.2, 0.25) is 0 Å². The molecule has 0 atom stereocenters. The van der Waals surface area contributed by atoms with Gasteiger partial charge in [-0.15, -0.1) is 0 Å². The summed E-state index contributed by atoms with van der Waals surface area (Å²) in [7, 11) is 0. The standard InChI is InChI=1S/C21H20ClNO2/c22-17-6-7-18-16(12-17)14-21(8-10-25-11-9-21)23-19(18)13-20(24)15-4-2-1-3-5-15/h1-7,12-13,23H,8-11,14H2/b19-13-. The van der Waals surface area contributed by atoms with Crippen LogP contribution in [0.1, 0.15) is 34.3 Å². The zero-order valence-corrected chi connectivity index (χ0v) is 14.7. The fourth-order valence-electron chi connectivity index (χ4n) is 3.73. The molecule has 2 aromatic carbocycles. The van der Waals surface area contributed by atoms with Crippen molar-refractivity contribution in [1.82, 2.24) is 5.32 Å². The Kier molecular flexibility index (Phi) is 4.36. The molecule has 3 nitrogen and oxygen atoms in total. The molecule has 4 rings (SSSR count). The van der Waals surface area contributed by atoms with Gasteiger partial charge in [0.25, 0.3) is 0 Å². The first kappa shape index (κ1) is 16.4. The predicted octanol–water partition coefficient (Wildman–Crippen LogP) is 4.26. The van der Waals surface area contributed by atoms with Gasteiger partial charge in [0.05, 0.1) is 0 Å². The number of nitrogens with one attached hydrogen (secondary N) is 1. The summed E-state index contributed by atoms with van der Waals surface area (Å²) in [6, 6.07) is 15.3. The lowest BCUT2D eigenvalue weighted by molar-refractivity contribution is 0.0435. The topological polar surface area (TPSA) is 38.3 Å². The Labute approximate surface area is 152 Å². The molecule has 1 N–H and O–H groups in total. The summed E-state index contributed by atoms with van der Waals surface area (Å²) in [5.41, 5.74) is 3.78. The summed E-state index contributed by atoms with van der Waals surface area (Å²) < 4.78 is 5.54. The molecule has 1 spiro atoms. The van der Waals surface area contributed by atoms with E-state index in [1.807, 2.05) is 48.5 Å². The van der Waals surface area contributed by atoms with Crippen LogP contribution in [0, 0.1) is 0 Å². The largest absolute Gasteiger partial charge is 0.381 e. The number of rotatable bonds is 2. The van der Waals surface area contributed by atoms with Crippen LogP contribution in [0.15, 0.2) is 54.6 Å². The molecular formula is C21H20ClNO2. The molecular weight excluding hydrogens is 334 g/mol. The van der Waals surface area contributed by atoms with Gasteiger partial charge in [0, 0.05) is 46.7 Å². The Hall–Kier alpha value is -2.10. The highest BCUT2D eigenvalue weighted by molar-refractivity contribution is 6.30.